The Morgan fingerprint density at radius 3 is 2.87 bits per heavy atom. The Hall–Kier alpha value is -0.0951. The minimum absolute atomic E-state index is 0.0175. The summed E-state index contributed by atoms with van der Waals surface area (Å²) in [5.74, 6) is 0. The second-order valence-electron chi connectivity index (χ2n) is 4.16. The third-order valence-electron chi connectivity index (χ3n) is 3.32. The highest BCUT2D eigenvalue weighted by Gasteiger charge is 2.57. The minimum Gasteiger partial charge on any atom is -0.382 e. The van der Waals surface area contributed by atoms with Crippen molar-refractivity contribution in [3.8, 4) is 0 Å². The van der Waals surface area contributed by atoms with E-state index in [1.165, 1.54) is 0 Å². The molecule has 0 saturated carbocycles. The highest BCUT2D eigenvalue weighted by Crippen LogP contribution is 2.41. The molecule has 5 heteroatoms. The summed E-state index contributed by atoms with van der Waals surface area (Å²) in [6.45, 7) is 3.27. The van der Waals surface area contributed by atoms with Crippen LogP contribution in [0.2, 0.25) is 6.82 Å². The fourth-order valence-electron chi connectivity index (χ4n) is 2.67. The zero-order valence-corrected chi connectivity index (χ0v) is 9.56. The largest absolute Gasteiger partial charge is 0.382 e. The van der Waals surface area contributed by atoms with Crippen molar-refractivity contribution >= 4 is 7.28 Å². The van der Waals surface area contributed by atoms with Crippen LogP contribution in [0, 0.1) is 0 Å². The molecule has 2 fully saturated rings. The second kappa shape index (κ2) is 4.41. The van der Waals surface area contributed by atoms with Crippen LogP contribution >= 0.6 is 0 Å². The summed E-state index contributed by atoms with van der Waals surface area (Å²) in [5, 5.41) is 0. The first kappa shape index (κ1) is 11.4. The van der Waals surface area contributed by atoms with Crippen molar-refractivity contribution in [1.29, 1.82) is 0 Å². The van der Waals surface area contributed by atoms with Crippen molar-refractivity contribution in [2.45, 2.75) is 37.1 Å². The third-order valence-corrected chi connectivity index (χ3v) is 3.32. The lowest BCUT2D eigenvalue weighted by atomic mass is 9.71. The summed E-state index contributed by atoms with van der Waals surface area (Å²) in [5.41, 5.74) is -0.316. The average Bonchev–Trinajstić information content (AvgIpc) is 2.41. The molecule has 15 heavy (non-hydrogen) atoms. The monoisotopic (exact) mass is 213 g/mol. The topological polar surface area (TPSA) is 36.9 Å². The predicted octanol–water partition coefficient (Wildman–Crippen LogP) is 0.284. The van der Waals surface area contributed by atoms with Gasteiger partial charge in [0.2, 0.25) is 0 Å². The summed E-state index contributed by atoms with van der Waals surface area (Å²) < 4.78 is 22.5. The van der Waals surface area contributed by atoms with Gasteiger partial charge in [-0.2, -0.15) is 0 Å². The molecule has 0 N–H and O–H groups in total. The number of methoxy groups -OCH3 is 2. The molecular formula is C10H18BO4. The molecule has 2 aliphatic rings. The van der Waals surface area contributed by atoms with E-state index in [1.54, 1.807) is 14.2 Å². The molecule has 2 saturated heterocycles. The van der Waals surface area contributed by atoms with Crippen LogP contribution in [0.4, 0.5) is 0 Å². The normalized spacial score (nSPS) is 44.3. The molecule has 4 nitrogen and oxygen atoms in total. The van der Waals surface area contributed by atoms with Gasteiger partial charge in [0.25, 0.3) is 0 Å². The van der Waals surface area contributed by atoms with Gasteiger partial charge < -0.3 is 18.9 Å². The van der Waals surface area contributed by atoms with Crippen molar-refractivity contribution in [3.05, 3.63) is 0 Å². The first-order chi connectivity index (χ1) is 7.27. The summed E-state index contributed by atoms with van der Waals surface area (Å²) in [4.78, 5) is 0. The van der Waals surface area contributed by atoms with Gasteiger partial charge in [-0.05, 0) is 0 Å². The SMILES string of the molecule is C[B]C1OC2(COC)CCOC1C2OC. The Morgan fingerprint density at radius 2 is 2.27 bits per heavy atom. The van der Waals surface area contributed by atoms with Gasteiger partial charge in [-0.1, -0.05) is 6.82 Å². The van der Waals surface area contributed by atoms with Gasteiger partial charge in [0, 0.05) is 20.6 Å². The minimum atomic E-state index is -0.316. The zero-order valence-electron chi connectivity index (χ0n) is 9.56. The molecule has 2 bridgehead atoms. The molecule has 0 aliphatic carbocycles. The number of ether oxygens (including phenoxy) is 4. The Kier molecular flexibility index (Phi) is 3.35. The molecule has 2 aliphatic heterocycles. The van der Waals surface area contributed by atoms with Crippen LogP contribution < -0.4 is 0 Å². The summed E-state index contributed by atoms with van der Waals surface area (Å²) >= 11 is 0. The molecule has 0 aromatic rings. The van der Waals surface area contributed by atoms with Crippen LogP contribution in [-0.2, 0) is 18.9 Å². The van der Waals surface area contributed by atoms with E-state index in [4.69, 9.17) is 18.9 Å². The first-order valence-electron chi connectivity index (χ1n) is 5.38. The highest BCUT2D eigenvalue weighted by molar-refractivity contribution is 6.35. The Bertz CT molecular complexity index is 221. The molecule has 4 atom stereocenters. The van der Waals surface area contributed by atoms with Gasteiger partial charge in [0.05, 0.1) is 19.2 Å². The molecule has 2 heterocycles. The maximum Gasteiger partial charge on any atom is 0.149 e. The molecule has 85 valence electrons. The van der Waals surface area contributed by atoms with Crippen molar-refractivity contribution in [2.24, 2.45) is 0 Å². The van der Waals surface area contributed by atoms with Crippen molar-refractivity contribution < 1.29 is 18.9 Å². The summed E-state index contributed by atoms with van der Waals surface area (Å²) in [7, 11) is 5.43. The quantitative estimate of drug-likeness (QED) is 0.628. The number of hydrogen-bond donors (Lipinski definition) is 0. The Morgan fingerprint density at radius 1 is 1.47 bits per heavy atom. The fourth-order valence-corrected chi connectivity index (χ4v) is 2.67. The maximum atomic E-state index is 6.04. The average molecular weight is 213 g/mol. The van der Waals surface area contributed by atoms with E-state index in [0.717, 1.165) is 13.0 Å². The zero-order chi connectivity index (χ0) is 10.9. The predicted molar refractivity (Wildman–Crippen MR) is 56.3 cm³/mol. The van der Waals surface area contributed by atoms with E-state index in [9.17, 15) is 0 Å². The van der Waals surface area contributed by atoms with E-state index in [0.29, 0.717) is 6.61 Å². The van der Waals surface area contributed by atoms with Crippen LogP contribution in [0.5, 0.6) is 0 Å². The van der Waals surface area contributed by atoms with Gasteiger partial charge in [-0.15, -0.1) is 0 Å². The molecule has 1 radical (unpaired) electrons. The molecule has 2 rings (SSSR count). The first-order valence-corrected chi connectivity index (χ1v) is 5.38. The summed E-state index contributed by atoms with van der Waals surface area (Å²) in [6.07, 6.45) is 0.830. The van der Waals surface area contributed by atoms with Crippen LogP contribution in [-0.4, -0.2) is 58.5 Å². The second-order valence-corrected chi connectivity index (χ2v) is 4.16. The lowest BCUT2D eigenvalue weighted by Gasteiger charge is -2.37. The lowest BCUT2D eigenvalue weighted by Crippen LogP contribution is -2.52. The maximum absolute atomic E-state index is 6.04. The fraction of sp³-hybridized carbons (Fsp3) is 1.00. The standard InChI is InChI=1S/C10H18BO4/c1-11-9-7-8(13-3)10(15-9,6-12-2)4-5-14-7/h7-9H,4-6H2,1-3H3. The van der Waals surface area contributed by atoms with Gasteiger partial charge in [0.1, 0.15) is 25.1 Å². The van der Waals surface area contributed by atoms with Gasteiger partial charge in [0.15, 0.2) is 0 Å². The molecule has 0 amide bonds. The van der Waals surface area contributed by atoms with Crippen molar-refractivity contribution in [2.75, 3.05) is 27.4 Å². The van der Waals surface area contributed by atoms with Crippen LogP contribution in [0.15, 0.2) is 0 Å². The number of rotatable bonds is 4. The summed E-state index contributed by atoms with van der Waals surface area (Å²) in [6, 6.07) is 0.0209. The van der Waals surface area contributed by atoms with Crippen LogP contribution in [0.3, 0.4) is 0 Å². The van der Waals surface area contributed by atoms with Crippen LogP contribution in [0.25, 0.3) is 0 Å². The number of hydrogen-bond acceptors (Lipinski definition) is 4. The van der Waals surface area contributed by atoms with E-state index in [-0.39, 0.29) is 23.8 Å². The Labute approximate surface area is 91.5 Å². The number of fused-ring (bicyclic) bond motifs is 2. The third kappa shape index (κ3) is 1.71. The molecular weight excluding hydrogens is 195 g/mol. The van der Waals surface area contributed by atoms with Gasteiger partial charge in [-0.3, -0.25) is 0 Å². The van der Waals surface area contributed by atoms with E-state index in [2.05, 4.69) is 0 Å². The van der Waals surface area contributed by atoms with Crippen molar-refractivity contribution in [1.82, 2.24) is 0 Å². The molecule has 4 unspecified atom stereocenters. The molecule has 0 spiro atoms. The van der Waals surface area contributed by atoms with Gasteiger partial charge in [-0.25, -0.2) is 0 Å². The Balaban J connectivity index is 2.20. The van der Waals surface area contributed by atoms with E-state index < -0.39 is 0 Å². The van der Waals surface area contributed by atoms with E-state index >= 15 is 0 Å². The molecule has 0 aromatic heterocycles. The van der Waals surface area contributed by atoms with Gasteiger partial charge >= 0.3 is 0 Å². The molecule has 0 aromatic carbocycles. The highest BCUT2D eigenvalue weighted by atomic mass is 16.6. The van der Waals surface area contributed by atoms with Crippen molar-refractivity contribution in [3.63, 3.8) is 0 Å². The smallest absolute Gasteiger partial charge is 0.149 e. The van der Waals surface area contributed by atoms with Crippen LogP contribution in [0.1, 0.15) is 6.42 Å². The lowest BCUT2D eigenvalue weighted by molar-refractivity contribution is -0.155. The van der Waals surface area contributed by atoms with E-state index in [1.807, 2.05) is 14.1 Å².